The number of nitrogens with one attached hydrogen (secondary N) is 1. The highest BCUT2D eigenvalue weighted by Gasteiger charge is 2.33. The van der Waals surface area contributed by atoms with Crippen LogP contribution in [0.5, 0.6) is 0 Å². The SMILES string of the molecule is CCCC1CCC(C(NC)C(C)(C)C)CC1. The van der Waals surface area contributed by atoms with Gasteiger partial charge in [-0.2, -0.15) is 0 Å². The zero-order valence-corrected chi connectivity index (χ0v) is 12.0. The summed E-state index contributed by atoms with van der Waals surface area (Å²) in [6.07, 6.45) is 8.62. The fourth-order valence-electron chi connectivity index (χ4n) is 3.59. The first kappa shape index (κ1) is 14.0. The molecule has 0 spiro atoms. The molecule has 0 heterocycles. The molecule has 1 heteroatoms. The van der Waals surface area contributed by atoms with Crippen molar-refractivity contribution in [1.82, 2.24) is 5.32 Å². The smallest absolute Gasteiger partial charge is 0.0141 e. The Morgan fingerprint density at radius 2 is 1.69 bits per heavy atom. The Bertz CT molecular complexity index is 184. The molecule has 0 saturated heterocycles. The van der Waals surface area contributed by atoms with Crippen LogP contribution in [-0.2, 0) is 0 Å². The number of hydrogen-bond acceptors (Lipinski definition) is 1. The lowest BCUT2D eigenvalue weighted by Gasteiger charge is -2.40. The van der Waals surface area contributed by atoms with Crippen LogP contribution in [0.25, 0.3) is 0 Å². The first-order valence-corrected chi connectivity index (χ1v) is 7.16. The van der Waals surface area contributed by atoms with E-state index in [2.05, 4.69) is 40.1 Å². The van der Waals surface area contributed by atoms with Crippen LogP contribution in [0.15, 0.2) is 0 Å². The van der Waals surface area contributed by atoms with Crippen LogP contribution >= 0.6 is 0 Å². The molecule has 0 aliphatic heterocycles. The molecule has 1 N–H and O–H groups in total. The van der Waals surface area contributed by atoms with Gasteiger partial charge in [-0.1, -0.05) is 53.4 Å². The normalized spacial score (nSPS) is 29.1. The van der Waals surface area contributed by atoms with Gasteiger partial charge < -0.3 is 5.32 Å². The molecule has 0 bridgehead atoms. The molecule has 96 valence electrons. The Kier molecular flexibility index (Phi) is 5.30. The van der Waals surface area contributed by atoms with Crippen molar-refractivity contribution in [3.8, 4) is 0 Å². The van der Waals surface area contributed by atoms with Crippen molar-refractivity contribution in [2.45, 2.75) is 72.3 Å². The second-order valence-electron chi connectivity index (χ2n) is 6.70. The van der Waals surface area contributed by atoms with E-state index in [9.17, 15) is 0 Å². The van der Waals surface area contributed by atoms with Crippen LogP contribution in [-0.4, -0.2) is 13.1 Å². The molecule has 1 aliphatic rings. The van der Waals surface area contributed by atoms with Gasteiger partial charge in [0.25, 0.3) is 0 Å². The first-order valence-electron chi connectivity index (χ1n) is 7.16. The molecule has 16 heavy (non-hydrogen) atoms. The van der Waals surface area contributed by atoms with Gasteiger partial charge in [0, 0.05) is 6.04 Å². The second kappa shape index (κ2) is 6.05. The second-order valence-corrected chi connectivity index (χ2v) is 6.70. The van der Waals surface area contributed by atoms with E-state index in [0.717, 1.165) is 11.8 Å². The maximum Gasteiger partial charge on any atom is 0.0141 e. The quantitative estimate of drug-likeness (QED) is 0.755. The van der Waals surface area contributed by atoms with Crippen molar-refractivity contribution in [2.75, 3.05) is 7.05 Å². The van der Waals surface area contributed by atoms with Gasteiger partial charge in [0.05, 0.1) is 0 Å². The summed E-state index contributed by atoms with van der Waals surface area (Å²) in [6.45, 7) is 9.42. The van der Waals surface area contributed by atoms with Gasteiger partial charge in [-0.25, -0.2) is 0 Å². The summed E-state index contributed by atoms with van der Waals surface area (Å²) in [7, 11) is 2.13. The van der Waals surface area contributed by atoms with Gasteiger partial charge >= 0.3 is 0 Å². The van der Waals surface area contributed by atoms with E-state index < -0.39 is 0 Å². The highest BCUT2D eigenvalue weighted by Crippen LogP contribution is 2.37. The minimum Gasteiger partial charge on any atom is -0.316 e. The van der Waals surface area contributed by atoms with E-state index >= 15 is 0 Å². The Morgan fingerprint density at radius 1 is 1.12 bits per heavy atom. The fourth-order valence-corrected chi connectivity index (χ4v) is 3.59. The van der Waals surface area contributed by atoms with E-state index in [1.807, 2.05) is 0 Å². The van der Waals surface area contributed by atoms with Crippen LogP contribution in [0.1, 0.15) is 66.2 Å². The Balaban J connectivity index is 2.45. The molecule has 1 unspecified atom stereocenters. The van der Waals surface area contributed by atoms with Gasteiger partial charge in [-0.15, -0.1) is 0 Å². The topological polar surface area (TPSA) is 12.0 Å². The molecule has 1 atom stereocenters. The van der Waals surface area contributed by atoms with E-state index in [0.29, 0.717) is 11.5 Å². The fraction of sp³-hybridized carbons (Fsp3) is 1.00. The molecule has 1 saturated carbocycles. The average Bonchev–Trinajstić information content (AvgIpc) is 2.20. The Hall–Kier alpha value is -0.0400. The standard InChI is InChI=1S/C15H31N/c1-6-7-12-8-10-13(11-9-12)14(16-5)15(2,3)4/h12-14,16H,6-11H2,1-5H3. The molecule has 1 fully saturated rings. The van der Waals surface area contributed by atoms with Gasteiger partial charge in [0.1, 0.15) is 0 Å². The summed E-state index contributed by atoms with van der Waals surface area (Å²) in [5.41, 5.74) is 0.400. The predicted octanol–water partition coefficient (Wildman–Crippen LogP) is 4.23. The average molecular weight is 225 g/mol. The Morgan fingerprint density at radius 3 is 2.06 bits per heavy atom. The summed E-state index contributed by atoms with van der Waals surface area (Å²) < 4.78 is 0. The molecule has 0 amide bonds. The molecule has 0 aromatic carbocycles. The van der Waals surface area contributed by atoms with Gasteiger partial charge in [0.15, 0.2) is 0 Å². The maximum absolute atomic E-state index is 3.56. The molecular formula is C15H31N. The lowest BCUT2D eigenvalue weighted by molar-refractivity contribution is 0.142. The van der Waals surface area contributed by atoms with Crippen LogP contribution in [0, 0.1) is 17.3 Å². The van der Waals surface area contributed by atoms with E-state index in [1.54, 1.807) is 0 Å². The van der Waals surface area contributed by atoms with E-state index in [1.165, 1.54) is 38.5 Å². The molecule has 0 aromatic rings. The lowest BCUT2D eigenvalue weighted by atomic mass is 9.70. The van der Waals surface area contributed by atoms with Crippen LogP contribution in [0.2, 0.25) is 0 Å². The predicted molar refractivity (Wildman–Crippen MR) is 72.7 cm³/mol. The summed E-state index contributed by atoms with van der Waals surface area (Å²) >= 11 is 0. The zero-order valence-electron chi connectivity index (χ0n) is 12.0. The monoisotopic (exact) mass is 225 g/mol. The molecule has 0 radical (unpaired) electrons. The third kappa shape index (κ3) is 3.76. The largest absolute Gasteiger partial charge is 0.316 e. The summed E-state index contributed by atoms with van der Waals surface area (Å²) in [4.78, 5) is 0. The number of hydrogen-bond donors (Lipinski definition) is 1. The number of rotatable bonds is 4. The molecule has 0 aromatic heterocycles. The maximum atomic E-state index is 3.56. The van der Waals surface area contributed by atoms with Crippen molar-refractivity contribution in [3.63, 3.8) is 0 Å². The minimum atomic E-state index is 0.400. The van der Waals surface area contributed by atoms with Crippen molar-refractivity contribution < 1.29 is 0 Å². The van der Waals surface area contributed by atoms with Crippen LogP contribution in [0.3, 0.4) is 0 Å². The zero-order chi connectivity index (χ0) is 12.2. The van der Waals surface area contributed by atoms with Crippen molar-refractivity contribution in [3.05, 3.63) is 0 Å². The first-order chi connectivity index (χ1) is 7.49. The highest BCUT2D eigenvalue weighted by molar-refractivity contribution is 4.88. The summed E-state index contributed by atoms with van der Waals surface area (Å²) in [5.74, 6) is 1.93. The van der Waals surface area contributed by atoms with Crippen molar-refractivity contribution in [1.29, 1.82) is 0 Å². The summed E-state index contributed by atoms with van der Waals surface area (Å²) in [6, 6.07) is 0.690. The van der Waals surface area contributed by atoms with Crippen molar-refractivity contribution >= 4 is 0 Å². The van der Waals surface area contributed by atoms with Gasteiger partial charge in [-0.05, 0) is 37.1 Å². The minimum absolute atomic E-state index is 0.400. The van der Waals surface area contributed by atoms with Crippen molar-refractivity contribution in [2.24, 2.45) is 17.3 Å². The third-order valence-electron chi connectivity index (χ3n) is 4.30. The molecule has 1 nitrogen and oxygen atoms in total. The molecule has 1 aliphatic carbocycles. The van der Waals surface area contributed by atoms with Gasteiger partial charge in [-0.3, -0.25) is 0 Å². The van der Waals surface area contributed by atoms with Crippen LogP contribution in [0.4, 0.5) is 0 Å². The highest BCUT2D eigenvalue weighted by atomic mass is 14.9. The molecule has 1 rings (SSSR count). The Labute approximate surface area is 102 Å². The molecular weight excluding hydrogens is 194 g/mol. The third-order valence-corrected chi connectivity index (χ3v) is 4.30. The van der Waals surface area contributed by atoms with E-state index in [-0.39, 0.29) is 0 Å². The van der Waals surface area contributed by atoms with E-state index in [4.69, 9.17) is 0 Å². The lowest BCUT2D eigenvalue weighted by Crippen LogP contribution is -2.45. The van der Waals surface area contributed by atoms with Gasteiger partial charge in [0.2, 0.25) is 0 Å². The summed E-state index contributed by atoms with van der Waals surface area (Å²) in [5, 5.41) is 3.56. The van der Waals surface area contributed by atoms with Crippen LogP contribution < -0.4 is 5.32 Å².